The summed E-state index contributed by atoms with van der Waals surface area (Å²) in [6.45, 7) is -0.184. The molecule has 0 atom stereocenters. The smallest absolute Gasteiger partial charge is 0.349 e. The summed E-state index contributed by atoms with van der Waals surface area (Å²) in [6.07, 6.45) is -0.101. The van der Waals surface area contributed by atoms with Crippen LogP contribution in [0.15, 0.2) is 29.6 Å². The Balaban J connectivity index is 1.74. The van der Waals surface area contributed by atoms with Gasteiger partial charge in [0.2, 0.25) is 0 Å². The Morgan fingerprint density at radius 2 is 1.49 bits per heavy atom. The molecule has 208 valence electrons. The number of amides is 2. The van der Waals surface area contributed by atoms with Gasteiger partial charge in [0.15, 0.2) is 29.0 Å². The Morgan fingerprint density at radius 3 is 2.13 bits per heavy atom. The molecule has 39 heavy (non-hydrogen) atoms. The van der Waals surface area contributed by atoms with Crippen LogP contribution in [0.3, 0.4) is 0 Å². The molecule has 3 rings (SSSR count). The van der Waals surface area contributed by atoms with Gasteiger partial charge in [-0.25, -0.2) is 27.6 Å². The van der Waals surface area contributed by atoms with Crippen molar-refractivity contribution >= 4 is 40.7 Å². The van der Waals surface area contributed by atoms with Crippen LogP contribution in [0.5, 0.6) is 17.2 Å². The molecule has 10 nitrogen and oxygen atoms in total. The van der Waals surface area contributed by atoms with Gasteiger partial charge in [0.05, 0.1) is 46.4 Å². The van der Waals surface area contributed by atoms with Crippen molar-refractivity contribution in [3.63, 3.8) is 0 Å². The van der Waals surface area contributed by atoms with Crippen LogP contribution in [0, 0.1) is 17.5 Å². The molecule has 0 saturated carbocycles. The molecule has 0 unspecified atom stereocenters. The predicted molar refractivity (Wildman–Crippen MR) is 135 cm³/mol. The number of methoxy groups -OCH3 is 4. The monoisotopic (exact) mass is 568 g/mol. The number of nitrogens with one attached hydrogen (secondary N) is 2. The summed E-state index contributed by atoms with van der Waals surface area (Å²) in [6, 6.07) is 3.35. The average molecular weight is 569 g/mol. The minimum atomic E-state index is -1.08. The summed E-state index contributed by atoms with van der Waals surface area (Å²) in [7, 11) is 4.82. The van der Waals surface area contributed by atoms with Gasteiger partial charge in [-0.3, -0.25) is 0 Å². The molecule has 2 N–H and O–H groups in total. The van der Waals surface area contributed by atoms with Crippen molar-refractivity contribution in [1.29, 1.82) is 0 Å². The van der Waals surface area contributed by atoms with Crippen molar-refractivity contribution in [3.8, 4) is 17.2 Å². The minimum Gasteiger partial charge on any atom is -0.496 e. The molecular formula is C25H23F3N2O8S. The minimum absolute atomic E-state index is 0.0251. The van der Waals surface area contributed by atoms with Crippen molar-refractivity contribution in [1.82, 2.24) is 0 Å². The van der Waals surface area contributed by atoms with E-state index in [-0.39, 0.29) is 57.7 Å². The quantitative estimate of drug-likeness (QED) is 0.327. The highest BCUT2D eigenvalue weighted by Gasteiger charge is 2.26. The lowest BCUT2D eigenvalue weighted by atomic mass is 10.1. The van der Waals surface area contributed by atoms with Crippen LogP contribution < -0.4 is 24.8 Å². The van der Waals surface area contributed by atoms with E-state index in [2.05, 4.69) is 20.1 Å². The van der Waals surface area contributed by atoms with Crippen molar-refractivity contribution in [3.05, 3.63) is 63.1 Å². The predicted octanol–water partition coefficient (Wildman–Crippen LogP) is 5.02. The molecule has 3 aromatic rings. The van der Waals surface area contributed by atoms with E-state index in [9.17, 15) is 27.6 Å². The standard InChI is InChI=1S/C25H23F3N2O8S/c1-34-17-6-5-13(26)21(28)12(17)7-8-38-19-9-14(27)15(10-18(19)35-2)29-25(33)30-16-11-39-22(24(32)37-4)20(16)23(31)36-3/h5-6,9-11H,7-8H2,1-4H3,(H2,29,30,33). The number of thiophene rings is 1. The largest absolute Gasteiger partial charge is 0.496 e. The summed E-state index contributed by atoms with van der Waals surface area (Å²) in [5.74, 6) is -4.66. The van der Waals surface area contributed by atoms with Gasteiger partial charge < -0.3 is 34.3 Å². The number of urea groups is 1. The molecule has 14 heteroatoms. The first-order valence-electron chi connectivity index (χ1n) is 11.0. The first-order chi connectivity index (χ1) is 18.6. The van der Waals surface area contributed by atoms with E-state index >= 15 is 0 Å². The Labute approximate surface area is 224 Å². The lowest BCUT2D eigenvalue weighted by Gasteiger charge is -2.15. The highest BCUT2D eigenvalue weighted by atomic mass is 32.1. The highest BCUT2D eigenvalue weighted by Crippen LogP contribution is 2.34. The topological polar surface area (TPSA) is 121 Å². The van der Waals surface area contributed by atoms with Crippen LogP contribution in [0.1, 0.15) is 25.6 Å². The summed E-state index contributed by atoms with van der Waals surface area (Å²) in [5.41, 5.74) is -0.644. The fourth-order valence-electron chi connectivity index (χ4n) is 3.44. The van der Waals surface area contributed by atoms with Gasteiger partial charge >= 0.3 is 18.0 Å². The molecule has 0 saturated heterocycles. The van der Waals surface area contributed by atoms with E-state index in [1.165, 1.54) is 25.7 Å². The fraction of sp³-hybridized carbons (Fsp3) is 0.240. The van der Waals surface area contributed by atoms with Crippen LogP contribution in [0.25, 0.3) is 0 Å². The average Bonchev–Trinajstić information content (AvgIpc) is 3.34. The van der Waals surface area contributed by atoms with E-state index < -0.39 is 35.4 Å². The number of rotatable bonds is 10. The Hall–Kier alpha value is -4.46. The molecule has 1 heterocycles. The highest BCUT2D eigenvalue weighted by molar-refractivity contribution is 7.13. The molecule has 0 bridgehead atoms. The SMILES string of the molecule is COC(=O)c1scc(NC(=O)Nc2cc(OC)c(OCCc3c(OC)ccc(F)c3F)cc2F)c1C(=O)OC. The third-order valence-electron chi connectivity index (χ3n) is 5.28. The zero-order chi connectivity index (χ0) is 28.7. The van der Waals surface area contributed by atoms with Crippen LogP contribution >= 0.6 is 11.3 Å². The Kier molecular flexibility index (Phi) is 9.60. The van der Waals surface area contributed by atoms with Gasteiger partial charge in [-0.2, -0.15) is 0 Å². The van der Waals surface area contributed by atoms with Crippen molar-refractivity contribution in [2.75, 3.05) is 45.7 Å². The Bertz CT molecular complexity index is 1400. The maximum atomic E-state index is 14.8. The van der Waals surface area contributed by atoms with Gasteiger partial charge in [-0.15, -0.1) is 11.3 Å². The van der Waals surface area contributed by atoms with Crippen LogP contribution in [0.4, 0.5) is 29.3 Å². The maximum Gasteiger partial charge on any atom is 0.349 e. The zero-order valence-electron chi connectivity index (χ0n) is 21.1. The van der Waals surface area contributed by atoms with Crippen LogP contribution in [-0.4, -0.2) is 53.0 Å². The van der Waals surface area contributed by atoms with Gasteiger partial charge in [-0.1, -0.05) is 0 Å². The van der Waals surface area contributed by atoms with Gasteiger partial charge in [0.25, 0.3) is 0 Å². The van der Waals surface area contributed by atoms with Crippen LogP contribution in [-0.2, 0) is 15.9 Å². The molecule has 0 radical (unpaired) electrons. The summed E-state index contributed by atoms with van der Waals surface area (Å²) >= 11 is 0.841. The van der Waals surface area contributed by atoms with Gasteiger partial charge in [-0.05, 0) is 12.1 Å². The second kappa shape index (κ2) is 12.9. The number of anilines is 2. The normalized spacial score (nSPS) is 10.4. The number of ether oxygens (including phenoxy) is 5. The van der Waals surface area contributed by atoms with E-state index in [0.29, 0.717) is 0 Å². The van der Waals surface area contributed by atoms with E-state index in [4.69, 9.17) is 14.2 Å². The van der Waals surface area contributed by atoms with Crippen molar-refractivity contribution in [2.24, 2.45) is 0 Å². The fourth-order valence-corrected chi connectivity index (χ4v) is 4.34. The summed E-state index contributed by atoms with van der Waals surface area (Å²) < 4.78 is 67.7. The summed E-state index contributed by atoms with van der Waals surface area (Å²) in [5, 5.41) is 5.96. The lowest BCUT2D eigenvalue weighted by Crippen LogP contribution is -2.22. The number of hydrogen-bond acceptors (Lipinski definition) is 9. The van der Waals surface area contributed by atoms with E-state index in [1.54, 1.807) is 0 Å². The van der Waals surface area contributed by atoms with Crippen molar-refractivity contribution in [2.45, 2.75) is 6.42 Å². The maximum absolute atomic E-state index is 14.8. The number of benzene rings is 2. The number of halogens is 3. The van der Waals surface area contributed by atoms with E-state index in [0.717, 1.165) is 43.8 Å². The molecule has 0 fully saturated rings. The van der Waals surface area contributed by atoms with Crippen LogP contribution in [0.2, 0.25) is 0 Å². The zero-order valence-corrected chi connectivity index (χ0v) is 21.9. The second-order valence-electron chi connectivity index (χ2n) is 7.54. The van der Waals surface area contributed by atoms with Gasteiger partial charge in [0.1, 0.15) is 16.2 Å². The number of carbonyl (C=O) groups excluding carboxylic acids is 3. The third kappa shape index (κ3) is 6.52. The third-order valence-corrected chi connectivity index (χ3v) is 6.24. The first-order valence-corrected chi connectivity index (χ1v) is 11.9. The molecular weight excluding hydrogens is 545 g/mol. The second-order valence-corrected chi connectivity index (χ2v) is 8.42. The molecule has 1 aromatic heterocycles. The lowest BCUT2D eigenvalue weighted by molar-refractivity contribution is 0.0561. The molecule has 0 aliphatic heterocycles. The molecule has 0 aliphatic carbocycles. The number of esters is 2. The van der Waals surface area contributed by atoms with Crippen molar-refractivity contribution < 1.29 is 51.2 Å². The molecule has 2 amide bonds. The number of carbonyl (C=O) groups is 3. The Morgan fingerprint density at radius 1 is 0.821 bits per heavy atom. The summed E-state index contributed by atoms with van der Waals surface area (Å²) in [4.78, 5) is 36.6. The molecule has 2 aromatic carbocycles. The molecule has 0 aliphatic rings. The van der Waals surface area contributed by atoms with E-state index in [1.807, 2.05) is 0 Å². The van der Waals surface area contributed by atoms with Gasteiger partial charge in [0, 0.05) is 29.5 Å². The molecule has 0 spiro atoms. The first kappa shape index (κ1) is 29.1. The number of hydrogen-bond donors (Lipinski definition) is 2.